The first-order valence-electron chi connectivity index (χ1n) is 6.26. The summed E-state index contributed by atoms with van der Waals surface area (Å²) in [5, 5.41) is 0. The van der Waals surface area contributed by atoms with Crippen LogP contribution in [0.3, 0.4) is 0 Å². The van der Waals surface area contributed by atoms with Crippen LogP contribution in [-0.2, 0) is 9.47 Å². The Kier molecular flexibility index (Phi) is 6.96. The second kappa shape index (κ2) is 8.01. The maximum absolute atomic E-state index is 5.39. The molecule has 1 rings (SSSR count). The Balaban J connectivity index is 2.20. The van der Waals surface area contributed by atoms with Gasteiger partial charge in [-0.2, -0.15) is 0 Å². The van der Waals surface area contributed by atoms with Crippen molar-refractivity contribution >= 4 is 0 Å². The van der Waals surface area contributed by atoms with Gasteiger partial charge in [0.15, 0.2) is 0 Å². The molecule has 16 heavy (non-hydrogen) atoms. The van der Waals surface area contributed by atoms with Crippen LogP contribution < -0.4 is 0 Å². The van der Waals surface area contributed by atoms with Crippen molar-refractivity contribution in [1.82, 2.24) is 9.80 Å². The largest absolute Gasteiger partial charge is 0.382 e. The Hall–Kier alpha value is -0.160. The molecule has 1 fully saturated rings. The zero-order valence-corrected chi connectivity index (χ0v) is 10.9. The van der Waals surface area contributed by atoms with Crippen LogP contribution in [-0.4, -0.2) is 76.0 Å². The average molecular weight is 230 g/mol. The number of methoxy groups -OCH3 is 2. The van der Waals surface area contributed by atoms with Gasteiger partial charge in [0, 0.05) is 46.9 Å². The van der Waals surface area contributed by atoms with E-state index in [-0.39, 0.29) is 6.10 Å². The lowest BCUT2D eigenvalue weighted by Crippen LogP contribution is -2.49. The first kappa shape index (κ1) is 13.9. The molecule has 1 atom stereocenters. The third-order valence-corrected chi connectivity index (χ3v) is 3.15. The Labute approximate surface area is 99.5 Å². The van der Waals surface area contributed by atoms with Crippen molar-refractivity contribution in [3.05, 3.63) is 0 Å². The normalized spacial score (nSPS) is 21.2. The molecular weight excluding hydrogens is 204 g/mol. The Morgan fingerprint density at radius 3 is 2.19 bits per heavy atom. The Bertz CT molecular complexity index is 170. The summed E-state index contributed by atoms with van der Waals surface area (Å²) in [7, 11) is 3.49. The van der Waals surface area contributed by atoms with Crippen LogP contribution >= 0.6 is 0 Å². The summed E-state index contributed by atoms with van der Waals surface area (Å²) in [6.07, 6.45) is 1.47. The van der Waals surface area contributed by atoms with Crippen molar-refractivity contribution in [1.29, 1.82) is 0 Å². The molecule has 1 unspecified atom stereocenters. The van der Waals surface area contributed by atoms with E-state index < -0.39 is 0 Å². The molecule has 0 bridgehead atoms. The molecule has 4 nitrogen and oxygen atoms in total. The summed E-state index contributed by atoms with van der Waals surface area (Å²) < 4.78 is 10.5. The van der Waals surface area contributed by atoms with E-state index in [4.69, 9.17) is 9.47 Å². The van der Waals surface area contributed by atoms with Crippen LogP contribution in [0.2, 0.25) is 0 Å². The van der Waals surface area contributed by atoms with Crippen LogP contribution in [0.25, 0.3) is 0 Å². The number of ether oxygens (including phenoxy) is 2. The Morgan fingerprint density at radius 2 is 1.69 bits per heavy atom. The van der Waals surface area contributed by atoms with E-state index in [0.717, 1.165) is 19.6 Å². The van der Waals surface area contributed by atoms with Gasteiger partial charge in [0.25, 0.3) is 0 Å². The molecule has 0 aromatic heterocycles. The first-order chi connectivity index (χ1) is 7.80. The van der Waals surface area contributed by atoms with Gasteiger partial charge in [-0.1, -0.05) is 6.92 Å². The Morgan fingerprint density at radius 1 is 1.06 bits per heavy atom. The quantitative estimate of drug-likeness (QED) is 0.642. The molecule has 1 aliphatic heterocycles. The third kappa shape index (κ3) is 4.78. The van der Waals surface area contributed by atoms with Crippen molar-refractivity contribution in [3.63, 3.8) is 0 Å². The second-order valence-electron chi connectivity index (χ2n) is 4.46. The van der Waals surface area contributed by atoms with Gasteiger partial charge in [0.2, 0.25) is 0 Å². The van der Waals surface area contributed by atoms with E-state index >= 15 is 0 Å². The molecular formula is C12H26N2O2. The van der Waals surface area contributed by atoms with Gasteiger partial charge in [-0.25, -0.2) is 0 Å². The fourth-order valence-corrected chi connectivity index (χ4v) is 2.18. The summed E-state index contributed by atoms with van der Waals surface area (Å²) in [6.45, 7) is 9.85. The number of hydrogen-bond acceptors (Lipinski definition) is 4. The lowest BCUT2D eigenvalue weighted by atomic mass is 10.2. The van der Waals surface area contributed by atoms with Crippen molar-refractivity contribution in [2.24, 2.45) is 0 Å². The molecule has 0 radical (unpaired) electrons. The number of piperazine rings is 1. The highest BCUT2D eigenvalue weighted by atomic mass is 16.5. The lowest BCUT2D eigenvalue weighted by Gasteiger charge is -2.35. The zero-order chi connectivity index (χ0) is 11.8. The predicted octanol–water partition coefficient (Wildman–Crippen LogP) is 0.675. The van der Waals surface area contributed by atoms with E-state index in [9.17, 15) is 0 Å². The highest BCUT2D eigenvalue weighted by molar-refractivity contribution is 4.74. The molecule has 1 aliphatic rings. The summed E-state index contributed by atoms with van der Waals surface area (Å²) in [5.74, 6) is 0. The summed E-state index contributed by atoms with van der Waals surface area (Å²) in [6, 6.07) is 0. The second-order valence-corrected chi connectivity index (χ2v) is 4.46. The fourth-order valence-electron chi connectivity index (χ4n) is 2.18. The summed E-state index contributed by atoms with van der Waals surface area (Å²) in [5.41, 5.74) is 0. The molecule has 4 heteroatoms. The first-order valence-corrected chi connectivity index (χ1v) is 6.26. The predicted molar refractivity (Wildman–Crippen MR) is 65.8 cm³/mol. The van der Waals surface area contributed by atoms with Crippen LogP contribution in [0.15, 0.2) is 0 Å². The van der Waals surface area contributed by atoms with E-state index in [0.29, 0.717) is 6.61 Å². The van der Waals surface area contributed by atoms with E-state index in [1.54, 1.807) is 14.2 Å². The van der Waals surface area contributed by atoms with Gasteiger partial charge < -0.3 is 14.4 Å². The molecule has 0 N–H and O–H groups in total. The molecule has 0 spiro atoms. The van der Waals surface area contributed by atoms with E-state index in [1.807, 2.05) is 0 Å². The fraction of sp³-hybridized carbons (Fsp3) is 1.00. The van der Waals surface area contributed by atoms with Crippen LogP contribution in [0.1, 0.15) is 13.3 Å². The van der Waals surface area contributed by atoms with Crippen molar-refractivity contribution in [2.75, 3.05) is 60.1 Å². The van der Waals surface area contributed by atoms with Crippen LogP contribution in [0, 0.1) is 0 Å². The number of hydrogen-bond donors (Lipinski definition) is 0. The summed E-state index contributed by atoms with van der Waals surface area (Å²) >= 11 is 0. The van der Waals surface area contributed by atoms with Gasteiger partial charge in [-0.05, 0) is 13.0 Å². The molecule has 96 valence electrons. The SMILES string of the molecule is CCCN1CCN(CC(COC)OC)CC1. The number of rotatable bonds is 7. The van der Waals surface area contributed by atoms with Crippen molar-refractivity contribution in [3.8, 4) is 0 Å². The maximum atomic E-state index is 5.39. The average Bonchev–Trinajstić information content (AvgIpc) is 2.31. The summed E-state index contributed by atoms with van der Waals surface area (Å²) in [4.78, 5) is 5.01. The lowest BCUT2D eigenvalue weighted by molar-refractivity contribution is -0.00326. The van der Waals surface area contributed by atoms with Gasteiger partial charge in [0.05, 0.1) is 12.7 Å². The standard InChI is InChI=1S/C12H26N2O2/c1-4-5-13-6-8-14(9-7-13)10-12(16-3)11-15-2/h12H,4-11H2,1-3H3. The van der Waals surface area contributed by atoms with Crippen LogP contribution in [0.4, 0.5) is 0 Å². The highest BCUT2D eigenvalue weighted by Gasteiger charge is 2.19. The van der Waals surface area contributed by atoms with E-state index in [1.165, 1.54) is 26.1 Å². The molecule has 0 aromatic rings. The topological polar surface area (TPSA) is 24.9 Å². The van der Waals surface area contributed by atoms with Crippen LogP contribution in [0.5, 0.6) is 0 Å². The molecule has 0 aliphatic carbocycles. The monoisotopic (exact) mass is 230 g/mol. The molecule has 0 saturated carbocycles. The molecule has 1 heterocycles. The zero-order valence-electron chi connectivity index (χ0n) is 10.9. The van der Waals surface area contributed by atoms with Crippen molar-refractivity contribution in [2.45, 2.75) is 19.4 Å². The minimum Gasteiger partial charge on any atom is -0.382 e. The third-order valence-electron chi connectivity index (χ3n) is 3.15. The minimum atomic E-state index is 0.211. The molecule has 0 amide bonds. The molecule has 1 saturated heterocycles. The smallest absolute Gasteiger partial charge is 0.0931 e. The number of nitrogens with zero attached hydrogens (tertiary/aromatic N) is 2. The van der Waals surface area contributed by atoms with E-state index in [2.05, 4.69) is 16.7 Å². The van der Waals surface area contributed by atoms with Gasteiger partial charge in [0.1, 0.15) is 0 Å². The molecule has 0 aromatic carbocycles. The van der Waals surface area contributed by atoms with Crippen molar-refractivity contribution < 1.29 is 9.47 Å². The van der Waals surface area contributed by atoms with Gasteiger partial charge in [-0.15, -0.1) is 0 Å². The highest BCUT2D eigenvalue weighted by Crippen LogP contribution is 2.04. The minimum absolute atomic E-state index is 0.211. The van der Waals surface area contributed by atoms with Gasteiger partial charge in [-0.3, -0.25) is 4.90 Å². The van der Waals surface area contributed by atoms with Gasteiger partial charge >= 0.3 is 0 Å². The maximum Gasteiger partial charge on any atom is 0.0931 e.